The number of halogens is 1. The number of morpholine rings is 1. The number of benzene rings is 1. The van der Waals surface area contributed by atoms with Crippen LogP contribution in [0.2, 0.25) is 5.02 Å². The third-order valence-electron chi connectivity index (χ3n) is 2.99. The Hall–Kier alpha value is -1.46. The van der Waals surface area contributed by atoms with Crippen molar-refractivity contribution in [1.29, 1.82) is 0 Å². The molecule has 5 nitrogen and oxygen atoms in total. The lowest BCUT2D eigenvalue weighted by molar-refractivity contribution is -0.00353. The smallest absolute Gasteiger partial charge is 0.317 e. The lowest BCUT2D eigenvalue weighted by Gasteiger charge is -2.31. The van der Waals surface area contributed by atoms with Crippen LogP contribution in [-0.4, -0.2) is 49.9 Å². The average molecular weight is 299 g/mol. The molecule has 2 amide bonds. The molecule has 1 aliphatic heterocycles. The summed E-state index contributed by atoms with van der Waals surface area (Å²) in [5.41, 5.74) is 0. The third-order valence-corrected chi connectivity index (χ3v) is 3.24. The van der Waals surface area contributed by atoms with E-state index in [1.807, 2.05) is 6.92 Å². The quantitative estimate of drug-likeness (QED) is 0.867. The highest BCUT2D eigenvalue weighted by molar-refractivity contribution is 6.30. The van der Waals surface area contributed by atoms with Crippen LogP contribution in [0.4, 0.5) is 4.79 Å². The summed E-state index contributed by atoms with van der Waals surface area (Å²) in [5, 5.41) is 3.51. The Balaban J connectivity index is 1.65. The molecule has 1 aromatic rings. The second-order valence-electron chi connectivity index (χ2n) is 4.66. The highest BCUT2D eigenvalue weighted by Crippen LogP contribution is 2.15. The van der Waals surface area contributed by atoms with Crippen LogP contribution in [0.15, 0.2) is 24.3 Å². The van der Waals surface area contributed by atoms with Crippen molar-refractivity contribution in [3.8, 4) is 5.75 Å². The van der Waals surface area contributed by atoms with Crippen LogP contribution in [0.3, 0.4) is 0 Å². The fraction of sp³-hybridized carbons (Fsp3) is 0.500. The van der Waals surface area contributed by atoms with Crippen LogP contribution in [0.1, 0.15) is 6.92 Å². The van der Waals surface area contributed by atoms with Gasteiger partial charge in [0.15, 0.2) is 0 Å². The van der Waals surface area contributed by atoms with Gasteiger partial charge in [0.05, 0.1) is 19.3 Å². The first-order chi connectivity index (χ1) is 9.65. The van der Waals surface area contributed by atoms with Crippen molar-refractivity contribution in [3.05, 3.63) is 29.3 Å². The largest absolute Gasteiger partial charge is 0.492 e. The van der Waals surface area contributed by atoms with E-state index in [4.69, 9.17) is 21.1 Å². The van der Waals surface area contributed by atoms with E-state index in [1.54, 1.807) is 29.2 Å². The first kappa shape index (κ1) is 14.9. The fourth-order valence-electron chi connectivity index (χ4n) is 1.97. The summed E-state index contributed by atoms with van der Waals surface area (Å²) in [7, 11) is 0. The van der Waals surface area contributed by atoms with E-state index < -0.39 is 0 Å². The van der Waals surface area contributed by atoms with Gasteiger partial charge in [-0.2, -0.15) is 0 Å². The number of nitrogens with zero attached hydrogens (tertiary/aromatic N) is 1. The number of carbonyl (C=O) groups excluding carboxylic acids is 1. The van der Waals surface area contributed by atoms with Gasteiger partial charge in [-0.05, 0) is 31.2 Å². The number of amides is 2. The molecular formula is C14H19ClN2O3. The summed E-state index contributed by atoms with van der Waals surface area (Å²) in [5.74, 6) is 0.739. The molecule has 1 aliphatic rings. The Kier molecular flexibility index (Phi) is 5.49. The van der Waals surface area contributed by atoms with Gasteiger partial charge in [0, 0.05) is 18.1 Å². The molecule has 2 rings (SSSR count). The number of hydrogen-bond donors (Lipinski definition) is 1. The highest BCUT2D eigenvalue weighted by Gasteiger charge is 2.20. The van der Waals surface area contributed by atoms with Gasteiger partial charge < -0.3 is 19.7 Å². The number of nitrogens with one attached hydrogen (secondary N) is 1. The minimum absolute atomic E-state index is 0.0696. The van der Waals surface area contributed by atoms with E-state index in [2.05, 4.69) is 5.32 Å². The van der Waals surface area contributed by atoms with Crippen molar-refractivity contribution in [3.63, 3.8) is 0 Å². The van der Waals surface area contributed by atoms with E-state index in [1.165, 1.54) is 0 Å². The Labute approximate surface area is 123 Å². The number of ether oxygens (including phenoxy) is 2. The standard InChI is InChI=1S/C14H19ClN2O3/c1-11-10-17(7-9-19-11)14(18)16-6-8-20-13-4-2-12(15)3-5-13/h2-5,11H,6-10H2,1H3,(H,16,18). The molecular weight excluding hydrogens is 280 g/mol. The van der Waals surface area contributed by atoms with Gasteiger partial charge in [-0.15, -0.1) is 0 Å². The van der Waals surface area contributed by atoms with Crippen molar-refractivity contribution < 1.29 is 14.3 Å². The van der Waals surface area contributed by atoms with Gasteiger partial charge in [-0.1, -0.05) is 11.6 Å². The Morgan fingerprint density at radius 3 is 2.95 bits per heavy atom. The van der Waals surface area contributed by atoms with E-state index >= 15 is 0 Å². The van der Waals surface area contributed by atoms with Crippen LogP contribution in [0, 0.1) is 0 Å². The van der Waals surface area contributed by atoms with Crippen molar-refractivity contribution in [2.75, 3.05) is 32.8 Å². The minimum Gasteiger partial charge on any atom is -0.492 e. The predicted molar refractivity (Wildman–Crippen MR) is 77.3 cm³/mol. The second-order valence-corrected chi connectivity index (χ2v) is 5.10. The Bertz CT molecular complexity index is 439. The minimum atomic E-state index is -0.0696. The summed E-state index contributed by atoms with van der Waals surface area (Å²) in [4.78, 5) is 13.6. The molecule has 1 fully saturated rings. The molecule has 1 unspecified atom stereocenters. The second kappa shape index (κ2) is 7.36. The van der Waals surface area contributed by atoms with Crippen molar-refractivity contribution in [2.24, 2.45) is 0 Å². The predicted octanol–water partition coefficient (Wildman–Crippen LogP) is 2.15. The summed E-state index contributed by atoms with van der Waals surface area (Å²) in [6, 6.07) is 7.07. The zero-order chi connectivity index (χ0) is 14.4. The fourth-order valence-corrected chi connectivity index (χ4v) is 2.10. The first-order valence-corrected chi connectivity index (χ1v) is 7.05. The van der Waals surface area contributed by atoms with Crippen LogP contribution < -0.4 is 10.1 Å². The summed E-state index contributed by atoms with van der Waals surface area (Å²) in [6.45, 7) is 4.71. The molecule has 0 saturated carbocycles. The molecule has 1 saturated heterocycles. The molecule has 6 heteroatoms. The van der Waals surface area contributed by atoms with Gasteiger partial charge in [0.2, 0.25) is 0 Å². The molecule has 20 heavy (non-hydrogen) atoms. The zero-order valence-electron chi connectivity index (χ0n) is 11.5. The van der Waals surface area contributed by atoms with Gasteiger partial charge in [-0.3, -0.25) is 0 Å². The Morgan fingerprint density at radius 2 is 2.25 bits per heavy atom. The summed E-state index contributed by atoms with van der Waals surface area (Å²) in [6.07, 6.45) is 0.0971. The maximum atomic E-state index is 11.9. The van der Waals surface area contributed by atoms with Crippen LogP contribution >= 0.6 is 11.6 Å². The molecule has 0 aliphatic carbocycles. The molecule has 0 radical (unpaired) electrons. The first-order valence-electron chi connectivity index (χ1n) is 6.68. The van der Waals surface area contributed by atoms with E-state index in [-0.39, 0.29) is 12.1 Å². The van der Waals surface area contributed by atoms with Gasteiger partial charge in [-0.25, -0.2) is 4.79 Å². The molecule has 1 heterocycles. The van der Waals surface area contributed by atoms with Gasteiger partial charge >= 0.3 is 6.03 Å². The van der Waals surface area contributed by atoms with Crippen molar-refractivity contribution in [2.45, 2.75) is 13.0 Å². The molecule has 1 atom stereocenters. The van der Waals surface area contributed by atoms with E-state index in [0.29, 0.717) is 37.9 Å². The average Bonchev–Trinajstić information content (AvgIpc) is 2.45. The summed E-state index contributed by atoms with van der Waals surface area (Å²) < 4.78 is 10.9. The zero-order valence-corrected chi connectivity index (χ0v) is 12.2. The van der Waals surface area contributed by atoms with Crippen molar-refractivity contribution >= 4 is 17.6 Å². The number of hydrogen-bond acceptors (Lipinski definition) is 3. The van der Waals surface area contributed by atoms with E-state index in [9.17, 15) is 4.79 Å². The van der Waals surface area contributed by atoms with E-state index in [0.717, 1.165) is 5.75 Å². The molecule has 1 aromatic carbocycles. The topological polar surface area (TPSA) is 50.8 Å². The molecule has 0 bridgehead atoms. The monoisotopic (exact) mass is 298 g/mol. The maximum Gasteiger partial charge on any atom is 0.317 e. The molecule has 0 aromatic heterocycles. The SMILES string of the molecule is CC1CN(C(=O)NCCOc2ccc(Cl)cc2)CCO1. The third kappa shape index (κ3) is 4.58. The van der Waals surface area contributed by atoms with Crippen LogP contribution in [-0.2, 0) is 4.74 Å². The summed E-state index contributed by atoms with van der Waals surface area (Å²) >= 11 is 5.78. The van der Waals surface area contributed by atoms with Gasteiger partial charge in [0.1, 0.15) is 12.4 Å². The van der Waals surface area contributed by atoms with Crippen LogP contribution in [0.25, 0.3) is 0 Å². The lowest BCUT2D eigenvalue weighted by Crippen LogP contribution is -2.49. The molecule has 110 valence electrons. The number of carbonyl (C=O) groups is 1. The lowest BCUT2D eigenvalue weighted by atomic mass is 10.3. The van der Waals surface area contributed by atoms with Crippen molar-refractivity contribution in [1.82, 2.24) is 10.2 Å². The highest BCUT2D eigenvalue weighted by atomic mass is 35.5. The number of urea groups is 1. The molecule has 1 N–H and O–H groups in total. The maximum absolute atomic E-state index is 11.9. The normalized spacial score (nSPS) is 18.7. The Morgan fingerprint density at radius 1 is 1.50 bits per heavy atom. The van der Waals surface area contributed by atoms with Gasteiger partial charge in [0.25, 0.3) is 0 Å². The van der Waals surface area contributed by atoms with Crippen LogP contribution in [0.5, 0.6) is 5.75 Å². The molecule has 0 spiro atoms. The number of rotatable bonds is 4.